The van der Waals surface area contributed by atoms with Gasteiger partial charge in [-0.3, -0.25) is 4.98 Å². The van der Waals surface area contributed by atoms with Crippen molar-refractivity contribution in [1.82, 2.24) is 9.55 Å². The van der Waals surface area contributed by atoms with Crippen LogP contribution in [-0.4, -0.2) is 9.55 Å². The molecular weight excluding hydrogens is 520 g/mol. The standard InChI is InChI=1S/C41H26N2/c1-2-9-34-32(7-1)33-8-3-4-10-35(33)38-25-29(17-19-36(34)38)27-13-15-28(16-14-27)30-18-20-41-39(26-30)37-11-5-6-12-40(37)43(41)31-21-23-42-24-22-31/h1-26H. The molecule has 9 rings (SSSR count). The average molecular weight is 547 g/mol. The summed E-state index contributed by atoms with van der Waals surface area (Å²) >= 11 is 0. The van der Waals surface area contributed by atoms with Gasteiger partial charge in [0.25, 0.3) is 0 Å². The predicted molar refractivity (Wildman–Crippen MR) is 182 cm³/mol. The third kappa shape index (κ3) is 3.70. The van der Waals surface area contributed by atoms with E-state index in [1.165, 1.54) is 76.4 Å². The molecule has 2 aromatic heterocycles. The molecule has 9 aromatic rings. The molecule has 2 heteroatoms. The first-order valence-electron chi connectivity index (χ1n) is 14.7. The molecule has 7 aromatic carbocycles. The van der Waals surface area contributed by atoms with Crippen LogP contribution in [0.3, 0.4) is 0 Å². The highest BCUT2D eigenvalue weighted by atomic mass is 15.0. The van der Waals surface area contributed by atoms with Gasteiger partial charge in [0.15, 0.2) is 0 Å². The second kappa shape index (κ2) is 9.40. The highest BCUT2D eigenvalue weighted by molar-refractivity contribution is 6.25. The molecule has 43 heavy (non-hydrogen) atoms. The molecule has 0 aliphatic carbocycles. The molecular formula is C41H26N2. The Morgan fingerprint density at radius 2 is 0.767 bits per heavy atom. The second-order valence-electron chi connectivity index (χ2n) is 11.2. The molecule has 0 fully saturated rings. The fraction of sp³-hybridized carbons (Fsp3) is 0. The zero-order valence-electron chi connectivity index (χ0n) is 23.4. The van der Waals surface area contributed by atoms with Crippen LogP contribution in [0, 0.1) is 0 Å². The monoisotopic (exact) mass is 546 g/mol. The zero-order valence-corrected chi connectivity index (χ0v) is 23.4. The summed E-state index contributed by atoms with van der Waals surface area (Å²) in [7, 11) is 0. The first kappa shape index (κ1) is 23.9. The molecule has 0 bridgehead atoms. The summed E-state index contributed by atoms with van der Waals surface area (Å²) in [5.74, 6) is 0. The van der Waals surface area contributed by atoms with Gasteiger partial charge in [0.05, 0.1) is 11.0 Å². The number of hydrogen-bond donors (Lipinski definition) is 0. The minimum Gasteiger partial charge on any atom is -0.309 e. The van der Waals surface area contributed by atoms with E-state index < -0.39 is 0 Å². The Labute approximate surface area is 249 Å². The highest BCUT2D eigenvalue weighted by Crippen LogP contribution is 2.38. The largest absolute Gasteiger partial charge is 0.309 e. The Kier molecular flexibility index (Phi) is 5.23. The Hall–Kier alpha value is -5.73. The van der Waals surface area contributed by atoms with Gasteiger partial charge in [-0.15, -0.1) is 0 Å². The van der Waals surface area contributed by atoms with E-state index in [1.54, 1.807) is 0 Å². The van der Waals surface area contributed by atoms with Crippen LogP contribution in [0.5, 0.6) is 0 Å². The molecule has 0 aliphatic rings. The fourth-order valence-electron chi connectivity index (χ4n) is 6.87. The Morgan fingerprint density at radius 1 is 0.326 bits per heavy atom. The van der Waals surface area contributed by atoms with Crippen LogP contribution in [0.4, 0.5) is 0 Å². The molecule has 0 saturated carbocycles. The number of benzene rings is 7. The van der Waals surface area contributed by atoms with Crippen molar-refractivity contribution < 1.29 is 0 Å². The van der Waals surface area contributed by atoms with E-state index in [4.69, 9.17) is 0 Å². The van der Waals surface area contributed by atoms with Gasteiger partial charge in [-0.25, -0.2) is 0 Å². The molecule has 0 saturated heterocycles. The highest BCUT2D eigenvalue weighted by Gasteiger charge is 2.14. The van der Waals surface area contributed by atoms with Crippen molar-refractivity contribution in [3.63, 3.8) is 0 Å². The molecule has 2 heterocycles. The minimum absolute atomic E-state index is 1.12. The summed E-state index contributed by atoms with van der Waals surface area (Å²) in [6.07, 6.45) is 3.71. The van der Waals surface area contributed by atoms with E-state index in [0.717, 1.165) is 5.69 Å². The van der Waals surface area contributed by atoms with Gasteiger partial charge >= 0.3 is 0 Å². The van der Waals surface area contributed by atoms with Gasteiger partial charge in [-0.1, -0.05) is 109 Å². The predicted octanol–water partition coefficient (Wildman–Crippen LogP) is 11.0. The third-order valence-electron chi connectivity index (χ3n) is 8.89. The Bertz CT molecular complexity index is 2450. The number of hydrogen-bond acceptors (Lipinski definition) is 1. The van der Waals surface area contributed by atoms with E-state index in [-0.39, 0.29) is 0 Å². The first-order valence-corrected chi connectivity index (χ1v) is 14.7. The van der Waals surface area contributed by atoms with Gasteiger partial charge in [-0.05, 0) is 91.0 Å². The summed E-state index contributed by atoms with van der Waals surface area (Å²) in [6.45, 7) is 0. The maximum Gasteiger partial charge on any atom is 0.0541 e. The number of fused-ring (bicyclic) bond motifs is 9. The Balaban J connectivity index is 1.15. The van der Waals surface area contributed by atoms with E-state index in [0.29, 0.717) is 0 Å². The van der Waals surface area contributed by atoms with Crippen LogP contribution in [0.25, 0.3) is 82.1 Å². The number of nitrogens with zero attached hydrogens (tertiary/aromatic N) is 2. The smallest absolute Gasteiger partial charge is 0.0541 e. The fourth-order valence-corrected chi connectivity index (χ4v) is 6.87. The van der Waals surface area contributed by atoms with E-state index in [2.05, 4.69) is 155 Å². The van der Waals surface area contributed by atoms with Crippen molar-refractivity contribution in [1.29, 1.82) is 0 Å². The quantitative estimate of drug-likeness (QED) is 0.202. The lowest BCUT2D eigenvalue weighted by molar-refractivity contribution is 1.16. The van der Waals surface area contributed by atoms with E-state index in [1.807, 2.05) is 12.4 Å². The third-order valence-corrected chi connectivity index (χ3v) is 8.89. The maximum absolute atomic E-state index is 4.22. The molecule has 2 nitrogen and oxygen atoms in total. The van der Waals surface area contributed by atoms with Crippen LogP contribution in [0.15, 0.2) is 158 Å². The molecule has 0 radical (unpaired) electrons. The van der Waals surface area contributed by atoms with E-state index >= 15 is 0 Å². The molecule has 0 unspecified atom stereocenters. The minimum atomic E-state index is 1.12. The normalized spacial score (nSPS) is 11.7. The SMILES string of the molecule is c1ccc2c(c1)c1ccccc1c1cc(-c3ccc(-c4ccc5c(c4)c4ccccc4n5-c4ccncc4)cc3)ccc21. The van der Waals surface area contributed by atoms with Crippen molar-refractivity contribution in [2.75, 3.05) is 0 Å². The van der Waals surface area contributed by atoms with Crippen molar-refractivity contribution in [2.45, 2.75) is 0 Å². The second-order valence-corrected chi connectivity index (χ2v) is 11.2. The molecule has 0 aliphatic heterocycles. The molecule has 200 valence electrons. The molecule has 0 atom stereocenters. The molecule has 0 amide bonds. The van der Waals surface area contributed by atoms with Crippen molar-refractivity contribution in [2.24, 2.45) is 0 Å². The van der Waals surface area contributed by atoms with Crippen molar-refractivity contribution >= 4 is 54.1 Å². The lowest BCUT2D eigenvalue weighted by atomic mass is 9.92. The summed E-state index contributed by atoms with van der Waals surface area (Å²) in [4.78, 5) is 4.22. The lowest BCUT2D eigenvalue weighted by Crippen LogP contribution is -1.93. The maximum atomic E-state index is 4.22. The van der Waals surface area contributed by atoms with Gasteiger partial charge in [-0.2, -0.15) is 0 Å². The number of para-hydroxylation sites is 1. The van der Waals surface area contributed by atoms with Gasteiger partial charge in [0.1, 0.15) is 0 Å². The van der Waals surface area contributed by atoms with Crippen molar-refractivity contribution in [3.05, 3.63) is 158 Å². The van der Waals surface area contributed by atoms with Gasteiger partial charge in [0.2, 0.25) is 0 Å². The number of rotatable bonds is 3. The Morgan fingerprint density at radius 3 is 1.40 bits per heavy atom. The number of pyridine rings is 1. The lowest BCUT2D eigenvalue weighted by Gasteiger charge is -2.12. The van der Waals surface area contributed by atoms with Gasteiger partial charge < -0.3 is 4.57 Å². The number of aromatic nitrogens is 2. The summed E-state index contributed by atoms with van der Waals surface area (Å²) < 4.78 is 2.33. The molecule has 0 N–H and O–H groups in total. The van der Waals surface area contributed by atoms with Crippen LogP contribution < -0.4 is 0 Å². The van der Waals surface area contributed by atoms with Crippen molar-refractivity contribution in [3.8, 4) is 27.9 Å². The topological polar surface area (TPSA) is 17.8 Å². The van der Waals surface area contributed by atoms with E-state index in [9.17, 15) is 0 Å². The van der Waals surface area contributed by atoms with Crippen LogP contribution in [0.2, 0.25) is 0 Å². The van der Waals surface area contributed by atoms with Gasteiger partial charge in [0, 0.05) is 28.9 Å². The first-order chi connectivity index (χ1) is 21.3. The zero-order chi connectivity index (χ0) is 28.3. The summed E-state index contributed by atoms with van der Waals surface area (Å²) in [5, 5.41) is 10.3. The summed E-state index contributed by atoms with van der Waals surface area (Å²) in [6, 6.07) is 53.0. The van der Waals surface area contributed by atoms with Crippen LogP contribution in [0.1, 0.15) is 0 Å². The van der Waals surface area contributed by atoms with Crippen LogP contribution >= 0.6 is 0 Å². The average Bonchev–Trinajstić information content (AvgIpc) is 3.42. The summed E-state index contributed by atoms with van der Waals surface area (Å²) in [5.41, 5.74) is 8.40. The van der Waals surface area contributed by atoms with Crippen LogP contribution in [-0.2, 0) is 0 Å². The molecule has 0 spiro atoms.